The zero-order valence-electron chi connectivity index (χ0n) is 19.6. The summed E-state index contributed by atoms with van der Waals surface area (Å²) in [5.74, 6) is 0.903. The Morgan fingerprint density at radius 2 is 1.94 bits per heavy atom. The maximum Gasteiger partial charge on any atom is 0.191 e. The van der Waals surface area contributed by atoms with E-state index >= 15 is 0 Å². The van der Waals surface area contributed by atoms with Crippen LogP contribution in [-0.2, 0) is 18.4 Å². The lowest BCUT2D eigenvalue weighted by Gasteiger charge is -2.33. The zero-order chi connectivity index (χ0) is 21.6. The molecule has 0 radical (unpaired) electrons. The molecule has 0 unspecified atom stereocenters. The number of hydrogen-bond acceptors (Lipinski definition) is 4. The molecule has 0 bridgehead atoms. The molecule has 0 aliphatic carbocycles. The molecule has 31 heavy (non-hydrogen) atoms. The Morgan fingerprint density at radius 3 is 2.55 bits per heavy atom. The molecule has 1 fully saturated rings. The largest absolute Gasteiger partial charge is 0.356 e. The Labute approximate surface area is 209 Å². The number of piperidine rings is 1. The van der Waals surface area contributed by atoms with E-state index in [4.69, 9.17) is 4.98 Å². The van der Waals surface area contributed by atoms with E-state index in [1.54, 1.807) is 11.3 Å². The summed E-state index contributed by atoms with van der Waals surface area (Å²) in [4.78, 5) is 11.8. The fourth-order valence-corrected chi connectivity index (χ4v) is 4.73. The number of nitrogens with one attached hydrogen (secondary N) is 2. The number of likely N-dealkylation sites (tertiary alicyclic amines) is 1. The van der Waals surface area contributed by atoms with Gasteiger partial charge in [0.05, 0.1) is 10.7 Å². The van der Waals surface area contributed by atoms with Crippen LogP contribution in [0.4, 0.5) is 0 Å². The van der Waals surface area contributed by atoms with E-state index in [2.05, 4.69) is 77.9 Å². The van der Waals surface area contributed by atoms with Gasteiger partial charge in [0.15, 0.2) is 5.96 Å². The molecule has 172 valence electrons. The monoisotopic (exact) mass is 555 g/mol. The maximum atomic E-state index is 4.78. The molecule has 1 aromatic carbocycles. The molecule has 0 saturated carbocycles. The molecule has 1 saturated heterocycles. The van der Waals surface area contributed by atoms with Crippen LogP contribution in [0.2, 0.25) is 0 Å². The second-order valence-electron chi connectivity index (χ2n) is 9.25. The van der Waals surface area contributed by atoms with Crippen molar-refractivity contribution in [2.45, 2.75) is 65.0 Å². The molecule has 0 spiro atoms. The smallest absolute Gasteiger partial charge is 0.191 e. The number of rotatable bonds is 6. The summed E-state index contributed by atoms with van der Waals surface area (Å²) in [7, 11) is 1.85. The van der Waals surface area contributed by atoms with Crippen molar-refractivity contribution in [2.75, 3.05) is 26.7 Å². The highest BCUT2D eigenvalue weighted by Gasteiger charge is 2.21. The molecule has 0 amide bonds. The van der Waals surface area contributed by atoms with Crippen LogP contribution in [0.15, 0.2) is 34.6 Å². The number of halogens is 1. The van der Waals surface area contributed by atoms with Crippen molar-refractivity contribution in [3.63, 3.8) is 0 Å². The van der Waals surface area contributed by atoms with Gasteiger partial charge in [-0.05, 0) is 30.9 Å². The minimum absolute atomic E-state index is 0. The molecule has 0 atom stereocenters. The van der Waals surface area contributed by atoms with E-state index in [-0.39, 0.29) is 29.4 Å². The van der Waals surface area contributed by atoms with E-state index in [9.17, 15) is 0 Å². The van der Waals surface area contributed by atoms with Gasteiger partial charge in [0, 0.05) is 56.5 Å². The molecule has 2 heterocycles. The highest BCUT2D eigenvalue weighted by atomic mass is 127. The Bertz CT molecular complexity index is 834. The van der Waals surface area contributed by atoms with Crippen molar-refractivity contribution in [3.05, 3.63) is 51.5 Å². The molecule has 5 nitrogen and oxygen atoms in total. The quantitative estimate of drug-likeness (QED) is 0.307. The standard InChI is InChI=1S/C24H37N5S.HI/c1-18-8-6-7-9-19(18)16-29-14-11-20(12-15-29)27-23(25-5)26-13-10-22-28-21(17-30-22)24(2,3)4;/h6-9,17,20H,10-16H2,1-5H3,(H2,25,26,27);1H. The van der Waals surface area contributed by atoms with Crippen LogP contribution >= 0.6 is 35.3 Å². The molecule has 1 aliphatic heterocycles. The van der Waals surface area contributed by atoms with Gasteiger partial charge in [0.2, 0.25) is 0 Å². The van der Waals surface area contributed by atoms with Gasteiger partial charge >= 0.3 is 0 Å². The number of aliphatic imine (C=N–C) groups is 1. The van der Waals surface area contributed by atoms with Crippen LogP contribution in [0, 0.1) is 6.92 Å². The van der Waals surface area contributed by atoms with Crippen molar-refractivity contribution in [1.82, 2.24) is 20.5 Å². The van der Waals surface area contributed by atoms with Gasteiger partial charge in [0.1, 0.15) is 0 Å². The van der Waals surface area contributed by atoms with Gasteiger partial charge in [0.25, 0.3) is 0 Å². The summed E-state index contributed by atoms with van der Waals surface area (Å²) in [6, 6.07) is 9.19. The Kier molecular flexibility index (Phi) is 10.2. The minimum atomic E-state index is 0. The van der Waals surface area contributed by atoms with Gasteiger partial charge in [-0.15, -0.1) is 35.3 Å². The summed E-state index contributed by atoms with van der Waals surface area (Å²) in [5.41, 5.74) is 4.13. The van der Waals surface area contributed by atoms with Crippen LogP contribution < -0.4 is 10.6 Å². The van der Waals surface area contributed by atoms with E-state index in [0.717, 1.165) is 51.4 Å². The second-order valence-corrected chi connectivity index (χ2v) is 10.2. The third-order valence-electron chi connectivity index (χ3n) is 5.76. The molecule has 7 heteroatoms. The highest BCUT2D eigenvalue weighted by molar-refractivity contribution is 14.0. The van der Waals surface area contributed by atoms with Crippen molar-refractivity contribution in [1.29, 1.82) is 0 Å². The van der Waals surface area contributed by atoms with Crippen LogP contribution in [0.25, 0.3) is 0 Å². The number of guanidine groups is 1. The van der Waals surface area contributed by atoms with Crippen LogP contribution in [0.3, 0.4) is 0 Å². The number of nitrogens with zero attached hydrogens (tertiary/aromatic N) is 3. The average molecular weight is 556 g/mol. The van der Waals surface area contributed by atoms with Gasteiger partial charge in [-0.3, -0.25) is 9.89 Å². The molecule has 1 aliphatic rings. The number of aromatic nitrogens is 1. The highest BCUT2D eigenvalue weighted by Crippen LogP contribution is 2.24. The average Bonchev–Trinajstić information content (AvgIpc) is 3.20. The van der Waals surface area contributed by atoms with E-state index in [1.807, 2.05) is 7.05 Å². The molecule has 1 aromatic heterocycles. The minimum Gasteiger partial charge on any atom is -0.356 e. The first-order valence-electron chi connectivity index (χ1n) is 11.0. The topological polar surface area (TPSA) is 52.6 Å². The predicted octanol–water partition coefficient (Wildman–Crippen LogP) is 4.74. The second kappa shape index (κ2) is 12.2. The Morgan fingerprint density at radius 1 is 1.23 bits per heavy atom. The van der Waals surface area contributed by atoms with Gasteiger partial charge in [-0.1, -0.05) is 45.0 Å². The summed E-state index contributed by atoms with van der Waals surface area (Å²) in [6.07, 6.45) is 3.22. The van der Waals surface area contributed by atoms with E-state index < -0.39 is 0 Å². The molecular formula is C24H38IN5S. The summed E-state index contributed by atoms with van der Waals surface area (Å²) >= 11 is 1.76. The number of hydrogen-bond donors (Lipinski definition) is 2. The molecule has 2 aromatic rings. The third kappa shape index (κ3) is 8.02. The number of benzene rings is 1. The zero-order valence-corrected chi connectivity index (χ0v) is 22.7. The van der Waals surface area contributed by atoms with Crippen LogP contribution in [-0.4, -0.2) is 48.6 Å². The summed E-state index contributed by atoms with van der Waals surface area (Å²) in [5, 5.41) is 10.5. The van der Waals surface area contributed by atoms with E-state index in [0.29, 0.717) is 6.04 Å². The van der Waals surface area contributed by atoms with Crippen molar-refractivity contribution in [3.8, 4) is 0 Å². The van der Waals surface area contributed by atoms with Gasteiger partial charge in [-0.2, -0.15) is 0 Å². The number of thiazole rings is 1. The number of aryl methyl sites for hydroxylation is 1. The van der Waals surface area contributed by atoms with Crippen molar-refractivity contribution < 1.29 is 0 Å². The third-order valence-corrected chi connectivity index (χ3v) is 6.67. The fourth-order valence-electron chi connectivity index (χ4n) is 3.71. The summed E-state index contributed by atoms with van der Waals surface area (Å²) in [6.45, 7) is 13.0. The first-order valence-corrected chi connectivity index (χ1v) is 11.9. The fraction of sp³-hybridized carbons (Fsp3) is 0.583. The first kappa shape index (κ1) is 26.1. The van der Waals surface area contributed by atoms with Gasteiger partial charge < -0.3 is 10.6 Å². The Balaban J connectivity index is 0.00000341. The van der Waals surface area contributed by atoms with Gasteiger partial charge in [-0.25, -0.2) is 4.98 Å². The molecule has 2 N–H and O–H groups in total. The van der Waals surface area contributed by atoms with Crippen molar-refractivity contribution in [2.24, 2.45) is 4.99 Å². The SMILES string of the molecule is CN=C(NCCc1nc(C(C)(C)C)cs1)NC1CCN(Cc2ccccc2C)CC1.I. The lowest BCUT2D eigenvalue weighted by Crippen LogP contribution is -2.48. The lowest BCUT2D eigenvalue weighted by molar-refractivity contribution is 0.198. The van der Waals surface area contributed by atoms with Crippen LogP contribution in [0.5, 0.6) is 0 Å². The van der Waals surface area contributed by atoms with Crippen LogP contribution in [0.1, 0.15) is 55.4 Å². The molecular weight excluding hydrogens is 517 g/mol. The molecule has 3 rings (SSSR count). The lowest BCUT2D eigenvalue weighted by atomic mass is 9.93. The predicted molar refractivity (Wildman–Crippen MR) is 144 cm³/mol. The Hall–Kier alpha value is -1.19. The summed E-state index contributed by atoms with van der Waals surface area (Å²) < 4.78 is 0. The van der Waals surface area contributed by atoms with Crippen molar-refractivity contribution >= 4 is 41.3 Å². The maximum absolute atomic E-state index is 4.78. The first-order chi connectivity index (χ1) is 14.3. The normalized spacial score (nSPS) is 16.1. The van der Waals surface area contributed by atoms with E-state index in [1.165, 1.54) is 21.8 Å².